The van der Waals surface area contributed by atoms with Crippen molar-refractivity contribution in [1.82, 2.24) is 25.4 Å². The normalized spacial score (nSPS) is 18.1. The molecule has 0 radical (unpaired) electrons. The number of methoxy groups -OCH3 is 1. The molecule has 45 heavy (non-hydrogen) atoms. The first-order chi connectivity index (χ1) is 21.5. The van der Waals surface area contributed by atoms with Gasteiger partial charge in [0.15, 0.2) is 12.4 Å². The number of hydrogen-bond acceptors (Lipinski definition) is 8. The van der Waals surface area contributed by atoms with Crippen molar-refractivity contribution in [3.63, 3.8) is 0 Å². The molecule has 4 rings (SSSR count). The highest BCUT2D eigenvalue weighted by molar-refractivity contribution is 6.02. The minimum atomic E-state index is -1.18. The van der Waals surface area contributed by atoms with Crippen LogP contribution in [-0.2, 0) is 23.9 Å². The fourth-order valence-electron chi connectivity index (χ4n) is 5.87. The largest absolute Gasteiger partial charge is 0.496 e. The molecule has 2 saturated heterocycles. The fourth-order valence-corrected chi connectivity index (χ4v) is 5.87. The molecule has 13 heteroatoms. The number of rotatable bonds is 12. The first kappa shape index (κ1) is 33.5. The van der Waals surface area contributed by atoms with Gasteiger partial charge in [0.1, 0.15) is 17.5 Å². The Balaban J connectivity index is 1.49. The van der Waals surface area contributed by atoms with E-state index in [1.807, 2.05) is 13.8 Å². The van der Waals surface area contributed by atoms with Crippen LogP contribution in [0.15, 0.2) is 24.3 Å². The number of aromatic amines is 1. The van der Waals surface area contributed by atoms with E-state index in [1.165, 1.54) is 14.0 Å². The Hall–Kier alpha value is -4.42. The van der Waals surface area contributed by atoms with Crippen molar-refractivity contribution in [2.75, 3.05) is 33.4 Å². The number of ketones is 1. The highest BCUT2D eigenvalue weighted by Crippen LogP contribution is 2.26. The van der Waals surface area contributed by atoms with Gasteiger partial charge in [0, 0.05) is 43.4 Å². The average Bonchev–Trinajstić information content (AvgIpc) is 3.62. The third-order valence-corrected chi connectivity index (χ3v) is 8.29. The zero-order valence-electron chi connectivity index (χ0n) is 26.4. The summed E-state index contributed by atoms with van der Waals surface area (Å²) >= 11 is 0. The van der Waals surface area contributed by atoms with Gasteiger partial charge in [-0.3, -0.25) is 28.9 Å². The number of imide groups is 1. The van der Waals surface area contributed by atoms with E-state index >= 15 is 0 Å². The van der Waals surface area contributed by atoms with E-state index in [4.69, 9.17) is 9.47 Å². The Morgan fingerprint density at radius 1 is 1.02 bits per heavy atom. The number of piperidine rings is 1. The second-order valence-electron chi connectivity index (χ2n) is 12.1. The first-order valence-electron chi connectivity index (χ1n) is 15.5. The van der Waals surface area contributed by atoms with Gasteiger partial charge in [-0.05, 0) is 62.6 Å². The molecule has 3 heterocycles. The van der Waals surface area contributed by atoms with Gasteiger partial charge < -0.3 is 30.0 Å². The van der Waals surface area contributed by atoms with Crippen LogP contribution in [0.2, 0.25) is 0 Å². The number of hydrogen-bond donors (Lipinski definition) is 3. The number of Topliss-reactive ketones (excluding diaryl/α,β-unsaturated/α-hetero) is 1. The van der Waals surface area contributed by atoms with Crippen LogP contribution in [0.25, 0.3) is 10.9 Å². The molecule has 0 spiro atoms. The van der Waals surface area contributed by atoms with Gasteiger partial charge in [-0.2, -0.15) is 0 Å². The summed E-state index contributed by atoms with van der Waals surface area (Å²) in [5.41, 5.74) is 0.921. The van der Waals surface area contributed by atoms with Crippen molar-refractivity contribution in [2.45, 2.75) is 71.4 Å². The summed E-state index contributed by atoms with van der Waals surface area (Å²) in [6.45, 7) is 5.82. The van der Waals surface area contributed by atoms with Gasteiger partial charge in [0.05, 0.1) is 13.2 Å². The molecule has 2 aromatic rings. The van der Waals surface area contributed by atoms with Crippen LogP contribution in [0.4, 0.5) is 4.79 Å². The lowest BCUT2D eigenvalue weighted by molar-refractivity contribution is -0.142. The van der Waals surface area contributed by atoms with Crippen LogP contribution in [0.1, 0.15) is 69.8 Å². The van der Waals surface area contributed by atoms with Gasteiger partial charge in [-0.1, -0.05) is 19.9 Å². The molecule has 0 bridgehead atoms. The summed E-state index contributed by atoms with van der Waals surface area (Å²) in [5, 5.41) is 6.21. The summed E-state index contributed by atoms with van der Waals surface area (Å²) < 4.78 is 10.7. The number of fused-ring (bicyclic) bond motifs is 1. The smallest absolute Gasteiger partial charge is 0.410 e. The lowest BCUT2D eigenvalue weighted by Gasteiger charge is -2.27. The third kappa shape index (κ3) is 8.40. The van der Waals surface area contributed by atoms with E-state index in [0.717, 1.165) is 24.2 Å². The maximum atomic E-state index is 13.7. The van der Waals surface area contributed by atoms with E-state index in [9.17, 15) is 28.8 Å². The summed E-state index contributed by atoms with van der Waals surface area (Å²) in [7, 11) is 1.54. The first-order valence-corrected chi connectivity index (χ1v) is 15.5. The summed E-state index contributed by atoms with van der Waals surface area (Å²) in [6.07, 6.45) is 2.66. The number of ether oxygens (including phenoxy) is 2. The predicted molar refractivity (Wildman–Crippen MR) is 164 cm³/mol. The van der Waals surface area contributed by atoms with Crippen LogP contribution >= 0.6 is 0 Å². The molecule has 1 aromatic carbocycles. The van der Waals surface area contributed by atoms with Crippen LogP contribution in [0, 0.1) is 11.8 Å². The molecule has 2 aliphatic heterocycles. The number of nitrogens with zero attached hydrogens (tertiary/aromatic N) is 2. The number of aromatic nitrogens is 1. The number of nitrogens with one attached hydrogen (secondary N) is 3. The molecule has 2 aliphatic rings. The molecular weight excluding hydrogens is 582 g/mol. The molecule has 5 amide bonds. The van der Waals surface area contributed by atoms with Crippen molar-refractivity contribution < 1.29 is 38.2 Å². The molecule has 13 nitrogen and oxygen atoms in total. The topological polar surface area (TPSA) is 167 Å². The maximum absolute atomic E-state index is 13.7. The Labute approximate surface area is 262 Å². The number of benzene rings is 1. The van der Waals surface area contributed by atoms with Crippen molar-refractivity contribution in [1.29, 1.82) is 0 Å². The van der Waals surface area contributed by atoms with Gasteiger partial charge in [-0.15, -0.1) is 0 Å². The Morgan fingerprint density at radius 2 is 1.76 bits per heavy atom. The molecule has 0 aliphatic carbocycles. The summed E-state index contributed by atoms with van der Waals surface area (Å²) in [5.74, 6) is -2.60. The van der Waals surface area contributed by atoms with Crippen molar-refractivity contribution in [3.05, 3.63) is 30.0 Å². The Kier molecular flexibility index (Phi) is 11.2. The molecule has 1 aromatic heterocycles. The van der Waals surface area contributed by atoms with Crippen molar-refractivity contribution in [2.24, 2.45) is 11.8 Å². The number of carbonyl (C=O) groups excluding carboxylic acids is 6. The van der Waals surface area contributed by atoms with Gasteiger partial charge >= 0.3 is 6.09 Å². The highest BCUT2D eigenvalue weighted by atomic mass is 16.6. The van der Waals surface area contributed by atoms with Gasteiger partial charge in [-0.25, -0.2) is 4.79 Å². The molecule has 3 N–H and O–H groups in total. The molecule has 3 atom stereocenters. The Morgan fingerprint density at radius 3 is 2.40 bits per heavy atom. The number of H-pyrrole nitrogens is 1. The number of likely N-dealkylation sites (tertiary alicyclic amines) is 2. The molecule has 2 unspecified atom stereocenters. The quantitative estimate of drug-likeness (QED) is 0.324. The standard InChI is InChI=1S/C32H43N5O8/c1-19(2)15-25(35-30(41)26-17-22-23(33-26)9-8-10-28(22)44-4)29(40)34-24(16-21-11-14-37(20(3)38)31(21)42)27(39)18-45-32(43)36-12-6-5-7-13-36/h8-10,17,19,21,24-25,33H,5-7,11-16,18H2,1-4H3,(H,34,40)(H,35,41)/t21-,24?,25?/m0/s1. The predicted octanol–water partition coefficient (Wildman–Crippen LogP) is 2.78. The molecular formula is C32H43N5O8. The number of amides is 5. The lowest BCUT2D eigenvalue weighted by Crippen LogP contribution is -2.53. The van der Waals surface area contributed by atoms with Crippen LogP contribution in [0.5, 0.6) is 5.75 Å². The van der Waals surface area contributed by atoms with Gasteiger partial charge in [0.25, 0.3) is 5.91 Å². The average molecular weight is 626 g/mol. The summed E-state index contributed by atoms with van der Waals surface area (Å²) in [4.78, 5) is 83.4. The van der Waals surface area contributed by atoms with Crippen molar-refractivity contribution >= 4 is 46.4 Å². The zero-order chi connectivity index (χ0) is 32.7. The van der Waals surface area contributed by atoms with Crippen LogP contribution in [-0.4, -0.2) is 95.7 Å². The fraction of sp³-hybridized carbons (Fsp3) is 0.562. The highest BCUT2D eigenvalue weighted by Gasteiger charge is 2.38. The minimum absolute atomic E-state index is 0.00374. The lowest BCUT2D eigenvalue weighted by atomic mass is 9.95. The maximum Gasteiger partial charge on any atom is 0.410 e. The monoisotopic (exact) mass is 625 g/mol. The summed E-state index contributed by atoms with van der Waals surface area (Å²) in [6, 6.07) is 4.82. The van der Waals surface area contributed by atoms with E-state index in [1.54, 1.807) is 29.2 Å². The molecule has 2 fully saturated rings. The molecule has 244 valence electrons. The zero-order valence-corrected chi connectivity index (χ0v) is 26.4. The van der Waals surface area contributed by atoms with Gasteiger partial charge in [0.2, 0.25) is 17.7 Å². The van der Waals surface area contributed by atoms with Crippen LogP contribution < -0.4 is 15.4 Å². The SMILES string of the molecule is COc1cccc2[nH]c(C(=O)NC(CC(C)C)C(=O)NC(C[C@@H]3CCN(C(C)=O)C3=O)C(=O)COC(=O)N3CCCCC3)cc12. The van der Waals surface area contributed by atoms with E-state index in [2.05, 4.69) is 15.6 Å². The Bertz CT molecular complexity index is 1430. The van der Waals surface area contributed by atoms with Crippen LogP contribution in [0.3, 0.4) is 0 Å². The van der Waals surface area contributed by atoms with E-state index in [-0.39, 0.29) is 36.9 Å². The third-order valence-electron chi connectivity index (χ3n) is 8.29. The van der Waals surface area contributed by atoms with Crippen molar-refractivity contribution in [3.8, 4) is 5.75 Å². The molecule has 0 saturated carbocycles. The second kappa shape index (κ2) is 15.0. The minimum Gasteiger partial charge on any atom is -0.496 e. The number of carbonyl (C=O) groups is 6. The second-order valence-corrected chi connectivity index (χ2v) is 12.1. The van der Waals surface area contributed by atoms with E-state index in [0.29, 0.717) is 36.2 Å². The van der Waals surface area contributed by atoms with E-state index < -0.39 is 54.2 Å².